The summed E-state index contributed by atoms with van der Waals surface area (Å²) in [5.41, 5.74) is 3.25. The molecule has 0 amide bonds. The molecule has 1 aliphatic heterocycles. The van der Waals surface area contributed by atoms with Crippen LogP contribution in [0.25, 0.3) is 44.6 Å². The Hall–Kier alpha value is -3.78. The number of hydrogen-bond donors (Lipinski definition) is 2. The van der Waals surface area contributed by atoms with Crippen LogP contribution >= 0.6 is 0 Å². The standard InChI is InChI=1S/C23H24N8O4S2/c1-36(32,33)23-26-13-20(31(23)37(2,34)35)17-10-14-19(12-25-17)28-29-21(14)18-11-15-16(27-18)6-7-24-22(15)30-8-4-3-5-9-30/h6-7,10-13,27H,3-5,8-9H2,1-2H3,(H,28,29). The summed E-state index contributed by atoms with van der Waals surface area (Å²) in [6.07, 6.45) is 9.87. The molecule has 0 saturated carbocycles. The van der Waals surface area contributed by atoms with Crippen molar-refractivity contribution >= 4 is 47.5 Å². The third-order valence-corrected chi connectivity index (χ3v) is 8.60. The first kappa shape index (κ1) is 23.6. The second-order valence-electron chi connectivity index (χ2n) is 9.24. The quantitative estimate of drug-likeness (QED) is 0.341. The first-order valence-electron chi connectivity index (χ1n) is 11.7. The van der Waals surface area contributed by atoms with Crippen molar-refractivity contribution in [1.29, 1.82) is 0 Å². The molecule has 1 fully saturated rings. The molecule has 192 valence electrons. The van der Waals surface area contributed by atoms with E-state index in [9.17, 15) is 16.8 Å². The molecule has 14 heteroatoms. The number of sulfone groups is 1. The van der Waals surface area contributed by atoms with E-state index in [1.807, 2.05) is 12.1 Å². The Bertz CT molecular complexity index is 1880. The zero-order valence-corrected chi connectivity index (χ0v) is 21.8. The van der Waals surface area contributed by atoms with Crippen LogP contribution < -0.4 is 4.90 Å². The fourth-order valence-electron chi connectivity index (χ4n) is 4.85. The zero-order valence-electron chi connectivity index (χ0n) is 20.1. The van der Waals surface area contributed by atoms with Gasteiger partial charge in [-0.3, -0.25) is 10.1 Å². The number of imidazole rings is 1. The molecule has 2 N–H and O–H groups in total. The molecule has 0 radical (unpaired) electrons. The summed E-state index contributed by atoms with van der Waals surface area (Å²) in [4.78, 5) is 18.6. The van der Waals surface area contributed by atoms with E-state index in [1.54, 1.807) is 12.3 Å². The second kappa shape index (κ2) is 8.38. The maximum atomic E-state index is 12.5. The van der Waals surface area contributed by atoms with E-state index in [-0.39, 0.29) is 11.4 Å². The lowest BCUT2D eigenvalue weighted by Gasteiger charge is -2.28. The van der Waals surface area contributed by atoms with E-state index in [0.717, 1.165) is 60.9 Å². The van der Waals surface area contributed by atoms with Gasteiger partial charge in [0.1, 0.15) is 17.2 Å². The molecule has 0 aromatic carbocycles. The van der Waals surface area contributed by atoms with Crippen LogP contribution in [-0.4, -0.2) is 76.5 Å². The third kappa shape index (κ3) is 4.05. The predicted octanol–water partition coefficient (Wildman–Crippen LogP) is 2.57. The molecule has 1 saturated heterocycles. The zero-order chi connectivity index (χ0) is 25.9. The molecule has 1 aliphatic rings. The van der Waals surface area contributed by atoms with Gasteiger partial charge in [-0.15, -0.1) is 0 Å². The van der Waals surface area contributed by atoms with Crippen molar-refractivity contribution < 1.29 is 16.8 Å². The molecular weight excluding hydrogens is 516 g/mol. The van der Waals surface area contributed by atoms with Crippen molar-refractivity contribution in [2.75, 3.05) is 30.5 Å². The fraction of sp³-hybridized carbons (Fsp3) is 0.304. The molecule has 12 nitrogen and oxygen atoms in total. The minimum atomic E-state index is -3.99. The molecule has 6 rings (SSSR count). The molecule has 0 spiro atoms. The summed E-state index contributed by atoms with van der Waals surface area (Å²) in [7, 11) is -7.90. The van der Waals surface area contributed by atoms with Crippen molar-refractivity contribution in [3.63, 3.8) is 0 Å². The van der Waals surface area contributed by atoms with Gasteiger partial charge < -0.3 is 9.88 Å². The Balaban J connectivity index is 1.49. The highest BCUT2D eigenvalue weighted by Crippen LogP contribution is 2.34. The van der Waals surface area contributed by atoms with E-state index >= 15 is 0 Å². The first-order chi connectivity index (χ1) is 17.6. The van der Waals surface area contributed by atoms with Crippen LogP contribution in [0.2, 0.25) is 0 Å². The van der Waals surface area contributed by atoms with Crippen molar-refractivity contribution in [2.45, 2.75) is 24.4 Å². The van der Waals surface area contributed by atoms with Crippen LogP contribution in [0.5, 0.6) is 0 Å². The van der Waals surface area contributed by atoms with Crippen LogP contribution in [-0.2, 0) is 19.9 Å². The molecule has 0 unspecified atom stereocenters. The highest BCUT2D eigenvalue weighted by molar-refractivity contribution is 7.92. The molecule has 6 heterocycles. The maximum Gasteiger partial charge on any atom is 0.241 e. The number of piperidine rings is 1. The summed E-state index contributed by atoms with van der Waals surface area (Å²) in [6, 6.07) is 5.62. The molecule has 0 atom stereocenters. The van der Waals surface area contributed by atoms with Crippen LogP contribution in [0.15, 0.2) is 41.9 Å². The molecule has 5 aromatic rings. The number of pyridine rings is 2. The van der Waals surface area contributed by atoms with Gasteiger partial charge in [-0.1, -0.05) is 0 Å². The largest absolute Gasteiger partial charge is 0.356 e. The summed E-state index contributed by atoms with van der Waals surface area (Å²) >= 11 is 0. The molecule has 5 aromatic heterocycles. The van der Waals surface area contributed by atoms with Gasteiger partial charge in [0.05, 0.1) is 41.1 Å². The highest BCUT2D eigenvalue weighted by atomic mass is 32.2. The number of nitrogens with one attached hydrogen (secondary N) is 2. The van der Waals surface area contributed by atoms with E-state index in [0.29, 0.717) is 20.6 Å². The average Bonchev–Trinajstić information content (AvgIpc) is 3.59. The number of aromatic nitrogens is 7. The number of H-pyrrole nitrogens is 2. The number of fused-ring (bicyclic) bond motifs is 2. The van der Waals surface area contributed by atoms with Crippen molar-refractivity contribution in [3.05, 3.63) is 36.8 Å². The minimum Gasteiger partial charge on any atom is -0.356 e. The van der Waals surface area contributed by atoms with E-state index in [1.165, 1.54) is 18.8 Å². The summed E-state index contributed by atoms with van der Waals surface area (Å²) < 4.78 is 50.1. The van der Waals surface area contributed by atoms with Gasteiger partial charge in [0.2, 0.25) is 25.0 Å². The molecule has 0 aliphatic carbocycles. The van der Waals surface area contributed by atoms with Gasteiger partial charge in [0, 0.05) is 36.3 Å². The van der Waals surface area contributed by atoms with E-state index in [4.69, 9.17) is 0 Å². The summed E-state index contributed by atoms with van der Waals surface area (Å²) in [5, 5.41) is 8.58. The minimum absolute atomic E-state index is 0.0465. The monoisotopic (exact) mass is 540 g/mol. The number of hydrogen-bond acceptors (Lipinski definition) is 9. The molecule has 0 bridgehead atoms. The van der Waals surface area contributed by atoms with Gasteiger partial charge in [0.25, 0.3) is 0 Å². The van der Waals surface area contributed by atoms with Gasteiger partial charge in [0.15, 0.2) is 0 Å². The van der Waals surface area contributed by atoms with Crippen LogP contribution in [0.4, 0.5) is 5.82 Å². The lowest BCUT2D eigenvalue weighted by atomic mass is 10.1. The fourth-order valence-corrected chi connectivity index (χ4v) is 7.13. The Morgan fingerprint density at radius 1 is 0.892 bits per heavy atom. The third-order valence-electron chi connectivity index (χ3n) is 6.50. The molecular formula is C23H24N8O4S2. The van der Waals surface area contributed by atoms with Crippen LogP contribution in [0, 0.1) is 0 Å². The Kier molecular flexibility index (Phi) is 5.35. The van der Waals surface area contributed by atoms with Crippen LogP contribution in [0.1, 0.15) is 19.3 Å². The SMILES string of the molecule is CS(=O)(=O)c1ncc(-c2cc3c(-c4cc5c(N6CCCCC6)nccc5[nH]4)n[nH]c3cn2)n1S(C)(=O)=O. The number of anilines is 1. The first-order valence-corrected chi connectivity index (χ1v) is 15.4. The average molecular weight is 541 g/mol. The molecule has 37 heavy (non-hydrogen) atoms. The maximum absolute atomic E-state index is 12.5. The summed E-state index contributed by atoms with van der Waals surface area (Å²) in [6.45, 7) is 1.94. The van der Waals surface area contributed by atoms with Gasteiger partial charge in [-0.05, 0) is 37.5 Å². The van der Waals surface area contributed by atoms with Crippen molar-refractivity contribution in [3.8, 4) is 22.8 Å². The van der Waals surface area contributed by atoms with Gasteiger partial charge in [-0.2, -0.15) is 5.10 Å². The van der Waals surface area contributed by atoms with E-state index < -0.39 is 25.0 Å². The van der Waals surface area contributed by atoms with E-state index in [2.05, 4.69) is 35.0 Å². The second-order valence-corrected chi connectivity index (χ2v) is 13.0. The van der Waals surface area contributed by atoms with Crippen molar-refractivity contribution in [1.82, 2.24) is 34.1 Å². The summed E-state index contributed by atoms with van der Waals surface area (Å²) in [5.74, 6) is 0.937. The van der Waals surface area contributed by atoms with Crippen LogP contribution in [0.3, 0.4) is 0 Å². The highest BCUT2D eigenvalue weighted by Gasteiger charge is 2.27. The Morgan fingerprint density at radius 3 is 2.41 bits per heavy atom. The lowest BCUT2D eigenvalue weighted by Crippen LogP contribution is -2.30. The van der Waals surface area contributed by atoms with Crippen molar-refractivity contribution in [2.24, 2.45) is 0 Å². The van der Waals surface area contributed by atoms with Gasteiger partial charge in [-0.25, -0.2) is 30.8 Å². The van der Waals surface area contributed by atoms with Gasteiger partial charge >= 0.3 is 0 Å². The normalized spacial score (nSPS) is 15.1. The lowest BCUT2D eigenvalue weighted by molar-refractivity contribution is 0.574. The topological polar surface area (TPSA) is 160 Å². The number of aromatic amines is 2. The number of rotatable bonds is 5. The smallest absolute Gasteiger partial charge is 0.241 e. The number of nitrogens with zero attached hydrogens (tertiary/aromatic N) is 6. The predicted molar refractivity (Wildman–Crippen MR) is 140 cm³/mol. The Morgan fingerprint density at radius 2 is 1.68 bits per heavy atom. The Labute approximate surface area is 212 Å².